The molecular formula is C21H24N2O3S. The quantitative estimate of drug-likeness (QED) is 0.800. The second-order valence-corrected chi connectivity index (χ2v) is 9.57. The normalized spacial score (nSPS) is 23.9. The van der Waals surface area contributed by atoms with Crippen LogP contribution in [0.25, 0.3) is 0 Å². The highest BCUT2D eigenvalue weighted by Gasteiger charge is 2.40. The highest BCUT2D eigenvalue weighted by atomic mass is 32.2. The summed E-state index contributed by atoms with van der Waals surface area (Å²) in [5.41, 5.74) is 1.28. The molecule has 2 aromatic rings. The predicted molar refractivity (Wildman–Crippen MR) is 105 cm³/mol. The smallest absolute Gasteiger partial charge is 0.251 e. The molecule has 2 N–H and O–H groups in total. The average molecular weight is 385 g/mol. The van der Waals surface area contributed by atoms with Gasteiger partial charge in [-0.1, -0.05) is 24.6 Å². The SMILES string of the molecule is O=C(NC1CC2CCC1C2)c1ccc(NCS(=O)(=O)c2ccccc2)cc1. The first-order valence-electron chi connectivity index (χ1n) is 9.44. The Morgan fingerprint density at radius 1 is 0.963 bits per heavy atom. The van der Waals surface area contributed by atoms with Crippen LogP contribution in [0, 0.1) is 11.8 Å². The van der Waals surface area contributed by atoms with Crippen LogP contribution < -0.4 is 10.6 Å². The molecule has 2 fully saturated rings. The van der Waals surface area contributed by atoms with Gasteiger partial charge in [0.05, 0.1) is 4.90 Å². The van der Waals surface area contributed by atoms with E-state index in [4.69, 9.17) is 0 Å². The minimum absolute atomic E-state index is 0.0454. The number of rotatable bonds is 6. The van der Waals surface area contributed by atoms with Crippen molar-refractivity contribution >= 4 is 21.4 Å². The monoisotopic (exact) mass is 384 g/mol. The first kappa shape index (κ1) is 18.0. The number of benzene rings is 2. The summed E-state index contributed by atoms with van der Waals surface area (Å²) in [6.07, 6.45) is 4.90. The topological polar surface area (TPSA) is 75.3 Å². The maximum atomic E-state index is 12.5. The van der Waals surface area contributed by atoms with Gasteiger partial charge in [0.25, 0.3) is 5.91 Å². The Balaban J connectivity index is 1.34. The number of anilines is 1. The zero-order valence-electron chi connectivity index (χ0n) is 15.1. The van der Waals surface area contributed by atoms with E-state index in [-0.39, 0.29) is 11.8 Å². The van der Waals surface area contributed by atoms with Crippen LogP contribution in [0.1, 0.15) is 36.0 Å². The minimum Gasteiger partial charge on any atom is -0.371 e. The van der Waals surface area contributed by atoms with Crippen LogP contribution in [0.3, 0.4) is 0 Å². The third-order valence-electron chi connectivity index (χ3n) is 5.77. The Morgan fingerprint density at radius 2 is 1.70 bits per heavy atom. The Bertz CT molecular complexity index is 910. The van der Waals surface area contributed by atoms with Gasteiger partial charge in [0.1, 0.15) is 5.88 Å². The zero-order chi connectivity index (χ0) is 18.9. The summed E-state index contributed by atoms with van der Waals surface area (Å²) in [5.74, 6) is 1.20. The van der Waals surface area contributed by atoms with Crippen molar-refractivity contribution in [2.45, 2.75) is 36.6 Å². The molecule has 142 valence electrons. The van der Waals surface area contributed by atoms with Crippen molar-refractivity contribution in [2.75, 3.05) is 11.2 Å². The van der Waals surface area contributed by atoms with E-state index in [0.717, 1.165) is 12.3 Å². The van der Waals surface area contributed by atoms with Crippen LogP contribution in [0.5, 0.6) is 0 Å². The van der Waals surface area contributed by atoms with E-state index in [2.05, 4.69) is 10.6 Å². The van der Waals surface area contributed by atoms with E-state index >= 15 is 0 Å². The Kier molecular flexibility index (Phi) is 4.91. The molecule has 0 saturated heterocycles. The summed E-state index contributed by atoms with van der Waals surface area (Å²) in [4.78, 5) is 12.8. The van der Waals surface area contributed by atoms with Gasteiger partial charge in [0.15, 0.2) is 9.84 Å². The Labute approximate surface area is 160 Å². The molecule has 2 aliphatic rings. The van der Waals surface area contributed by atoms with Crippen molar-refractivity contribution < 1.29 is 13.2 Å². The molecular weight excluding hydrogens is 360 g/mol. The number of nitrogens with one attached hydrogen (secondary N) is 2. The molecule has 27 heavy (non-hydrogen) atoms. The number of amides is 1. The Morgan fingerprint density at radius 3 is 2.33 bits per heavy atom. The number of sulfone groups is 1. The third kappa shape index (κ3) is 4.00. The van der Waals surface area contributed by atoms with E-state index in [1.54, 1.807) is 54.6 Å². The van der Waals surface area contributed by atoms with E-state index < -0.39 is 9.84 Å². The second kappa shape index (κ2) is 7.35. The zero-order valence-corrected chi connectivity index (χ0v) is 15.9. The average Bonchev–Trinajstić information content (AvgIpc) is 3.31. The lowest BCUT2D eigenvalue weighted by molar-refractivity contribution is 0.0923. The summed E-state index contributed by atoms with van der Waals surface area (Å²) in [6.45, 7) is 0. The van der Waals surface area contributed by atoms with Crippen molar-refractivity contribution in [3.05, 3.63) is 60.2 Å². The summed E-state index contributed by atoms with van der Waals surface area (Å²) in [5, 5.41) is 6.09. The molecule has 0 radical (unpaired) electrons. The molecule has 0 heterocycles. The van der Waals surface area contributed by atoms with Crippen LogP contribution in [-0.2, 0) is 9.84 Å². The summed E-state index contributed by atoms with van der Waals surface area (Å²) < 4.78 is 24.6. The van der Waals surface area contributed by atoms with Gasteiger partial charge >= 0.3 is 0 Å². The third-order valence-corrected chi connectivity index (χ3v) is 7.29. The highest BCUT2D eigenvalue weighted by Crippen LogP contribution is 2.44. The van der Waals surface area contributed by atoms with Crippen molar-refractivity contribution in [2.24, 2.45) is 11.8 Å². The largest absolute Gasteiger partial charge is 0.371 e. The summed E-state index contributed by atoms with van der Waals surface area (Å²) in [6, 6.07) is 15.6. The maximum absolute atomic E-state index is 12.5. The lowest BCUT2D eigenvalue weighted by Gasteiger charge is -2.22. The predicted octanol–water partition coefficient (Wildman–Crippen LogP) is 3.45. The number of carbonyl (C=O) groups is 1. The molecule has 3 atom stereocenters. The van der Waals surface area contributed by atoms with Gasteiger partial charge in [0.2, 0.25) is 0 Å². The van der Waals surface area contributed by atoms with Crippen LogP contribution in [0.2, 0.25) is 0 Å². The summed E-state index contributed by atoms with van der Waals surface area (Å²) >= 11 is 0. The fraction of sp³-hybridized carbons (Fsp3) is 0.381. The standard InChI is InChI=1S/C21H24N2O3S/c24-21(23-20-13-15-6-7-17(20)12-15)16-8-10-18(11-9-16)22-14-27(25,26)19-4-2-1-3-5-19/h1-5,8-11,15,17,20,22H,6-7,12-14H2,(H,23,24). The van der Waals surface area contributed by atoms with Gasteiger partial charge in [-0.25, -0.2) is 8.42 Å². The van der Waals surface area contributed by atoms with E-state index in [1.807, 2.05) is 0 Å². The first-order valence-corrected chi connectivity index (χ1v) is 11.1. The van der Waals surface area contributed by atoms with Crippen molar-refractivity contribution in [1.82, 2.24) is 5.32 Å². The Hall–Kier alpha value is -2.34. The number of fused-ring (bicyclic) bond motifs is 2. The fourth-order valence-electron chi connectivity index (χ4n) is 4.30. The number of hydrogen-bond donors (Lipinski definition) is 2. The molecule has 2 aliphatic carbocycles. The molecule has 2 aromatic carbocycles. The second-order valence-electron chi connectivity index (χ2n) is 7.58. The fourth-order valence-corrected chi connectivity index (χ4v) is 5.40. The molecule has 2 bridgehead atoms. The number of hydrogen-bond acceptors (Lipinski definition) is 4. The van der Waals surface area contributed by atoms with Gasteiger partial charge in [0, 0.05) is 17.3 Å². The van der Waals surface area contributed by atoms with E-state index in [1.165, 1.54) is 19.3 Å². The highest BCUT2D eigenvalue weighted by molar-refractivity contribution is 7.91. The van der Waals surface area contributed by atoms with Crippen LogP contribution in [0.4, 0.5) is 5.69 Å². The van der Waals surface area contributed by atoms with Crippen molar-refractivity contribution in [3.8, 4) is 0 Å². The van der Waals surface area contributed by atoms with E-state index in [9.17, 15) is 13.2 Å². The lowest BCUT2D eigenvalue weighted by Crippen LogP contribution is -2.38. The molecule has 5 nitrogen and oxygen atoms in total. The van der Waals surface area contributed by atoms with E-state index in [0.29, 0.717) is 28.1 Å². The van der Waals surface area contributed by atoms with Gasteiger partial charge in [-0.3, -0.25) is 4.79 Å². The molecule has 4 rings (SSSR count). The van der Waals surface area contributed by atoms with Crippen LogP contribution in [0.15, 0.2) is 59.5 Å². The minimum atomic E-state index is -3.40. The van der Waals surface area contributed by atoms with Crippen molar-refractivity contribution in [1.29, 1.82) is 0 Å². The summed E-state index contributed by atoms with van der Waals surface area (Å²) in [7, 11) is -3.40. The lowest BCUT2D eigenvalue weighted by atomic mass is 9.95. The van der Waals surface area contributed by atoms with Crippen LogP contribution in [-0.4, -0.2) is 26.2 Å². The molecule has 0 aromatic heterocycles. The number of carbonyl (C=O) groups excluding carboxylic acids is 1. The maximum Gasteiger partial charge on any atom is 0.251 e. The van der Waals surface area contributed by atoms with Gasteiger partial charge in [-0.15, -0.1) is 0 Å². The molecule has 0 spiro atoms. The van der Waals surface area contributed by atoms with Gasteiger partial charge < -0.3 is 10.6 Å². The first-order chi connectivity index (χ1) is 13.0. The van der Waals surface area contributed by atoms with Crippen molar-refractivity contribution in [3.63, 3.8) is 0 Å². The van der Waals surface area contributed by atoms with Gasteiger partial charge in [-0.2, -0.15) is 0 Å². The molecule has 0 aliphatic heterocycles. The molecule has 1 amide bonds. The molecule has 6 heteroatoms. The van der Waals surface area contributed by atoms with Crippen LogP contribution >= 0.6 is 0 Å². The molecule has 3 unspecified atom stereocenters. The molecule has 2 saturated carbocycles. The van der Waals surface area contributed by atoms with Gasteiger partial charge in [-0.05, 0) is 67.5 Å².